The molecule has 0 spiro atoms. The first kappa shape index (κ1) is 20.2. The van der Waals surface area contributed by atoms with Crippen molar-refractivity contribution in [1.82, 2.24) is 0 Å². The van der Waals surface area contributed by atoms with Gasteiger partial charge in [0.2, 0.25) is 0 Å². The van der Waals surface area contributed by atoms with Gasteiger partial charge in [-0.3, -0.25) is 0 Å². The first-order valence-electron chi connectivity index (χ1n) is 4.00. The van der Waals surface area contributed by atoms with E-state index in [1.165, 1.54) is 0 Å². The summed E-state index contributed by atoms with van der Waals surface area (Å²) in [6.45, 7) is 0. The minimum absolute atomic E-state index is 1.27. The Morgan fingerprint density at radius 3 is 1.24 bits per heavy atom. The highest BCUT2D eigenvalue weighted by molar-refractivity contribution is 8.24. The lowest BCUT2D eigenvalue weighted by atomic mass is 10.3. The van der Waals surface area contributed by atoms with Crippen molar-refractivity contribution in [1.29, 1.82) is 0 Å². The minimum Gasteiger partial charge on any atom is -0.372 e. The molecule has 0 aliphatic rings. The van der Waals surface area contributed by atoms with Crippen molar-refractivity contribution in [2.24, 2.45) is 0 Å². The van der Waals surface area contributed by atoms with E-state index in [0.29, 0.717) is 0 Å². The first-order chi connectivity index (χ1) is 9.01. The van der Waals surface area contributed by atoms with Gasteiger partial charge in [-0.05, 0) is 21.7 Å². The Morgan fingerprint density at radius 2 is 1.05 bits per heavy atom. The first-order valence-corrected chi connectivity index (χ1v) is 5.65. The van der Waals surface area contributed by atoms with Gasteiger partial charge in [0.15, 0.2) is 4.91 Å². The van der Waals surface area contributed by atoms with Crippen LogP contribution in [0.2, 0.25) is 0 Å². The Kier molecular flexibility index (Phi) is 5.91. The number of alkyl halides is 11. The molecule has 0 aromatic rings. The Bertz CT molecular complexity index is 377. The SMILES string of the molecule is FC(F)(F)OC(OC(F)(F)F)=C(SCl)C(F)(F)C(F)(F)F. The van der Waals surface area contributed by atoms with E-state index in [4.69, 9.17) is 0 Å². The summed E-state index contributed by atoms with van der Waals surface area (Å²) in [4.78, 5) is -2.97. The van der Waals surface area contributed by atoms with E-state index in [-0.39, 0.29) is 0 Å². The largest absolute Gasteiger partial charge is 0.575 e. The summed E-state index contributed by atoms with van der Waals surface area (Å²) in [6.07, 6.45) is -18.6. The average molecular weight is 381 g/mol. The molecule has 0 heterocycles. The second-order valence-electron chi connectivity index (χ2n) is 2.86. The van der Waals surface area contributed by atoms with Crippen LogP contribution in [0.5, 0.6) is 0 Å². The lowest BCUT2D eigenvalue weighted by molar-refractivity contribution is -0.374. The Labute approximate surface area is 116 Å². The molecule has 0 radical (unpaired) electrons. The predicted octanol–water partition coefficient (Wildman–Crippen LogP) is 5.31. The van der Waals surface area contributed by atoms with Crippen molar-refractivity contribution in [2.45, 2.75) is 24.8 Å². The smallest absolute Gasteiger partial charge is 0.372 e. The molecule has 21 heavy (non-hydrogen) atoms. The van der Waals surface area contributed by atoms with Crippen LogP contribution >= 0.6 is 21.7 Å². The summed E-state index contributed by atoms with van der Waals surface area (Å²) < 4.78 is 137. The van der Waals surface area contributed by atoms with Gasteiger partial charge in [0, 0.05) is 0 Å². The third kappa shape index (κ3) is 6.23. The Morgan fingerprint density at radius 1 is 0.714 bits per heavy atom. The molecule has 15 heteroatoms. The second-order valence-corrected chi connectivity index (χ2v) is 3.89. The number of halogens is 12. The molecular formula is C6ClF11O2S. The third-order valence-electron chi connectivity index (χ3n) is 1.32. The summed E-state index contributed by atoms with van der Waals surface area (Å²) in [5, 5.41) is 0. The van der Waals surface area contributed by atoms with Crippen LogP contribution in [0.1, 0.15) is 0 Å². The van der Waals surface area contributed by atoms with Crippen LogP contribution < -0.4 is 0 Å². The molecule has 0 unspecified atom stereocenters. The van der Waals surface area contributed by atoms with Crippen LogP contribution in [-0.2, 0) is 9.47 Å². The van der Waals surface area contributed by atoms with Crippen molar-refractivity contribution < 1.29 is 57.8 Å². The van der Waals surface area contributed by atoms with E-state index in [9.17, 15) is 48.3 Å². The zero-order chi connectivity index (χ0) is 17.3. The molecule has 0 fully saturated rings. The maximum Gasteiger partial charge on any atom is 0.575 e. The van der Waals surface area contributed by atoms with Crippen LogP contribution in [0, 0.1) is 0 Å². The lowest BCUT2D eigenvalue weighted by Gasteiger charge is -2.23. The van der Waals surface area contributed by atoms with Crippen LogP contribution in [0.25, 0.3) is 0 Å². The fraction of sp³-hybridized carbons (Fsp3) is 0.667. The van der Waals surface area contributed by atoms with Crippen molar-refractivity contribution >= 4 is 21.7 Å². The topological polar surface area (TPSA) is 18.5 Å². The average Bonchev–Trinajstić information content (AvgIpc) is 2.09. The molecule has 0 saturated heterocycles. The van der Waals surface area contributed by atoms with Crippen LogP contribution in [-0.4, -0.2) is 24.8 Å². The zero-order valence-corrected chi connectivity index (χ0v) is 10.3. The normalized spacial score (nSPS) is 13.9. The molecule has 2 nitrogen and oxygen atoms in total. The third-order valence-corrected chi connectivity index (χ3v) is 2.36. The zero-order valence-electron chi connectivity index (χ0n) is 8.76. The molecule has 0 rings (SSSR count). The molecule has 126 valence electrons. The lowest BCUT2D eigenvalue weighted by Crippen LogP contribution is -2.39. The molecule has 0 N–H and O–H groups in total. The predicted molar refractivity (Wildman–Crippen MR) is 45.8 cm³/mol. The van der Waals surface area contributed by atoms with E-state index in [0.717, 1.165) is 0 Å². The second kappa shape index (κ2) is 6.14. The fourth-order valence-electron chi connectivity index (χ4n) is 0.661. The molecule has 0 aliphatic carbocycles. The summed E-state index contributed by atoms with van der Waals surface area (Å²) >= 11 is 0. The van der Waals surface area contributed by atoms with Gasteiger partial charge in [0.1, 0.15) is 0 Å². The van der Waals surface area contributed by atoms with Crippen molar-refractivity contribution in [3.05, 3.63) is 10.9 Å². The molecule has 0 amide bonds. The van der Waals surface area contributed by atoms with Gasteiger partial charge in [0.05, 0.1) is 0 Å². The summed E-state index contributed by atoms with van der Waals surface area (Å²) in [7, 11) is 3.22. The van der Waals surface area contributed by atoms with Gasteiger partial charge in [-0.25, -0.2) is 0 Å². The van der Waals surface area contributed by atoms with Gasteiger partial charge in [-0.2, -0.15) is 22.0 Å². The quantitative estimate of drug-likeness (QED) is 0.486. The van der Waals surface area contributed by atoms with E-state index in [1.807, 2.05) is 0 Å². The van der Waals surface area contributed by atoms with Crippen molar-refractivity contribution in [3.63, 3.8) is 0 Å². The van der Waals surface area contributed by atoms with Gasteiger partial charge in [0.25, 0.3) is 0 Å². The number of hydrogen-bond acceptors (Lipinski definition) is 3. The summed E-state index contributed by atoms with van der Waals surface area (Å²) in [5.74, 6) is -9.36. The maximum absolute atomic E-state index is 12.8. The molecule has 0 saturated carbocycles. The van der Waals surface area contributed by atoms with Crippen LogP contribution in [0.3, 0.4) is 0 Å². The van der Waals surface area contributed by atoms with Gasteiger partial charge < -0.3 is 9.47 Å². The van der Waals surface area contributed by atoms with E-state index in [2.05, 4.69) is 20.2 Å². The van der Waals surface area contributed by atoms with E-state index in [1.54, 1.807) is 0 Å². The fourth-order valence-corrected chi connectivity index (χ4v) is 1.50. The van der Waals surface area contributed by atoms with Gasteiger partial charge >= 0.3 is 30.8 Å². The van der Waals surface area contributed by atoms with Gasteiger partial charge in [-0.1, -0.05) is 0 Å². The highest BCUT2D eigenvalue weighted by Crippen LogP contribution is 2.49. The number of hydrogen-bond donors (Lipinski definition) is 0. The highest BCUT2D eigenvalue weighted by Gasteiger charge is 2.63. The molecule has 0 atom stereocenters. The monoisotopic (exact) mass is 380 g/mol. The molecule has 0 bridgehead atoms. The summed E-state index contributed by atoms with van der Waals surface area (Å²) in [6, 6.07) is 0. The van der Waals surface area contributed by atoms with E-state index >= 15 is 0 Å². The Balaban J connectivity index is 5.99. The summed E-state index contributed by atoms with van der Waals surface area (Å²) in [5.41, 5.74) is 0. The standard InChI is InChI=1S/C6ClF11O2S/c7-21-1(3(8,9)4(10,11)12)2(19-5(13,14)15)20-6(16,17)18. The number of allylic oxidation sites excluding steroid dienone is 1. The van der Waals surface area contributed by atoms with Crippen LogP contribution in [0.15, 0.2) is 10.9 Å². The number of ether oxygens (including phenoxy) is 2. The van der Waals surface area contributed by atoms with Crippen LogP contribution in [0.4, 0.5) is 48.3 Å². The molecule has 0 aliphatic heterocycles. The molecular weight excluding hydrogens is 381 g/mol. The van der Waals surface area contributed by atoms with Crippen molar-refractivity contribution in [3.8, 4) is 0 Å². The maximum atomic E-state index is 12.8. The number of rotatable bonds is 4. The Hall–Kier alpha value is -0.790. The van der Waals surface area contributed by atoms with Crippen molar-refractivity contribution in [2.75, 3.05) is 0 Å². The minimum atomic E-state index is -6.54. The molecule has 0 aromatic carbocycles. The highest BCUT2D eigenvalue weighted by atomic mass is 35.7. The molecule has 0 aromatic heterocycles. The van der Waals surface area contributed by atoms with Gasteiger partial charge in [-0.15, -0.1) is 26.3 Å². The van der Waals surface area contributed by atoms with E-state index < -0.39 is 46.6 Å².